The van der Waals surface area contributed by atoms with Crippen molar-refractivity contribution in [1.82, 2.24) is 9.97 Å². The number of hydrogen-bond donors (Lipinski definition) is 2. The lowest BCUT2D eigenvalue weighted by atomic mass is 10.1. The maximum absolute atomic E-state index is 12.7. The highest BCUT2D eigenvalue weighted by Crippen LogP contribution is 2.27. The van der Waals surface area contributed by atoms with Crippen molar-refractivity contribution in [2.45, 2.75) is 6.92 Å². The van der Waals surface area contributed by atoms with Crippen LogP contribution in [0.25, 0.3) is 22.5 Å². The largest absolute Gasteiger partial charge is 0.497 e. The second kappa shape index (κ2) is 10.5. The van der Waals surface area contributed by atoms with Gasteiger partial charge < -0.3 is 14.8 Å². The van der Waals surface area contributed by atoms with E-state index in [-0.39, 0.29) is 18.4 Å². The Bertz CT molecular complexity index is 1270. The van der Waals surface area contributed by atoms with E-state index < -0.39 is 0 Å². The van der Waals surface area contributed by atoms with Crippen molar-refractivity contribution in [3.63, 3.8) is 0 Å². The van der Waals surface area contributed by atoms with Gasteiger partial charge in [0.25, 0.3) is 0 Å². The number of rotatable bonds is 8. The summed E-state index contributed by atoms with van der Waals surface area (Å²) < 4.78 is 10.5. The van der Waals surface area contributed by atoms with Crippen molar-refractivity contribution in [2.24, 2.45) is 0 Å². The van der Waals surface area contributed by atoms with Crippen LogP contribution >= 0.6 is 0 Å². The first kappa shape index (κ1) is 22.8. The van der Waals surface area contributed by atoms with Gasteiger partial charge in [0.2, 0.25) is 11.9 Å². The molecule has 0 unspecified atom stereocenters. The third kappa shape index (κ3) is 5.69. The molecule has 0 atom stereocenters. The number of hydrogen-bond acceptors (Lipinski definition) is 6. The SMILES string of the molecule is COc1ccc(-c2cc(-c3ccc(C)cc3)nc(NC(=O)CNc3cccc(OC)c3)n2)cc1. The van der Waals surface area contributed by atoms with Crippen LogP contribution < -0.4 is 20.1 Å². The lowest BCUT2D eigenvalue weighted by molar-refractivity contribution is -0.114. The summed E-state index contributed by atoms with van der Waals surface area (Å²) in [5, 5.41) is 5.90. The standard InChI is InChI=1S/C27H26N4O3/c1-18-7-9-19(10-8-18)24-16-25(20-11-13-22(33-2)14-12-20)30-27(29-24)31-26(32)17-28-21-5-4-6-23(15-21)34-3/h4-16,28H,17H2,1-3H3,(H,29,30,31,32). The Hall–Kier alpha value is -4.39. The molecule has 0 aliphatic carbocycles. The number of nitrogens with one attached hydrogen (secondary N) is 2. The molecule has 0 bridgehead atoms. The van der Waals surface area contributed by atoms with Gasteiger partial charge in [0, 0.05) is 22.9 Å². The fraction of sp³-hybridized carbons (Fsp3) is 0.148. The third-order valence-corrected chi connectivity index (χ3v) is 5.23. The van der Waals surface area contributed by atoms with E-state index in [1.165, 1.54) is 0 Å². The average Bonchev–Trinajstić information content (AvgIpc) is 2.88. The fourth-order valence-electron chi connectivity index (χ4n) is 3.37. The predicted molar refractivity (Wildman–Crippen MR) is 134 cm³/mol. The number of amides is 1. The first-order valence-corrected chi connectivity index (χ1v) is 10.8. The molecule has 0 aliphatic rings. The maximum Gasteiger partial charge on any atom is 0.246 e. The van der Waals surface area contributed by atoms with Crippen LogP contribution in [0.4, 0.5) is 11.6 Å². The summed E-state index contributed by atoms with van der Waals surface area (Å²) in [6.07, 6.45) is 0. The van der Waals surface area contributed by atoms with Crippen LogP contribution in [0.3, 0.4) is 0 Å². The van der Waals surface area contributed by atoms with E-state index in [4.69, 9.17) is 9.47 Å². The van der Waals surface area contributed by atoms with E-state index in [0.717, 1.165) is 33.8 Å². The molecule has 4 aromatic rings. The van der Waals surface area contributed by atoms with Crippen LogP contribution in [-0.2, 0) is 4.79 Å². The number of methoxy groups -OCH3 is 2. The summed E-state index contributed by atoms with van der Waals surface area (Å²) in [5.41, 5.74) is 5.18. The molecule has 1 heterocycles. The number of carbonyl (C=O) groups excluding carboxylic acids is 1. The highest BCUT2D eigenvalue weighted by Gasteiger charge is 2.12. The van der Waals surface area contributed by atoms with Gasteiger partial charge in [-0.2, -0.15) is 0 Å². The summed E-state index contributed by atoms with van der Waals surface area (Å²) in [6.45, 7) is 2.09. The molecular formula is C27H26N4O3. The number of ether oxygens (including phenoxy) is 2. The first-order valence-electron chi connectivity index (χ1n) is 10.8. The number of aryl methyl sites for hydroxylation is 1. The molecule has 1 aromatic heterocycles. The molecule has 4 rings (SSSR count). The van der Waals surface area contributed by atoms with Gasteiger partial charge >= 0.3 is 0 Å². The Morgan fingerprint density at radius 2 is 1.41 bits per heavy atom. The van der Waals surface area contributed by atoms with E-state index in [1.54, 1.807) is 14.2 Å². The summed E-state index contributed by atoms with van der Waals surface area (Å²) in [5.74, 6) is 1.45. The molecule has 0 radical (unpaired) electrons. The Morgan fingerprint density at radius 3 is 2.03 bits per heavy atom. The van der Waals surface area contributed by atoms with Crippen molar-refractivity contribution < 1.29 is 14.3 Å². The molecule has 0 saturated carbocycles. The van der Waals surface area contributed by atoms with Crippen LogP contribution in [0.1, 0.15) is 5.56 Å². The quantitative estimate of drug-likeness (QED) is 0.381. The van der Waals surface area contributed by atoms with Crippen molar-refractivity contribution in [1.29, 1.82) is 0 Å². The van der Waals surface area contributed by atoms with Crippen molar-refractivity contribution in [3.05, 3.63) is 84.4 Å². The van der Waals surface area contributed by atoms with Crippen LogP contribution in [-0.4, -0.2) is 36.6 Å². The van der Waals surface area contributed by atoms with Gasteiger partial charge in [-0.25, -0.2) is 9.97 Å². The third-order valence-electron chi connectivity index (χ3n) is 5.23. The van der Waals surface area contributed by atoms with Gasteiger partial charge in [-0.1, -0.05) is 35.9 Å². The minimum atomic E-state index is -0.260. The van der Waals surface area contributed by atoms with Gasteiger partial charge in [-0.3, -0.25) is 10.1 Å². The molecule has 0 spiro atoms. The van der Waals surface area contributed by atoms with Crippen molar-refractivity contribution in [2.75, 3.05) is 31.4 Å². The molecule has 0 fully saturated rings. The van der Waals surface area contributed by atoms with E-state index in [2.05, 4.69) is 20.6 Å². The zero-order valence-corrected chi connectivity index (χ0v) is 19.3. The van der Waals surface area contributed by atoms with Crippen LogP contribution in [0.15, 0.2) is 78.9 Å². The fourth-order valence-corrected chi connectivity index (χ4v) is 3.37. The zero-order valence-electron chi connectivity index (χ0n) is 19.3. The molecule has 7 nitrogen and oxygen atoms in total. The molecular weight excluding hydrogens is 428 g/mol. The minimum absolute atomic E-state index is 0.0587. The van der Waals surface area contributed by atoms with Crippen LogP contribution in [0, 0.1) is 6.92 Å². The van der Waals surface area contributed by atoms with Crippen LogP contribution in [0.2, 0.25) is 0 Å². The zero-order chi connectivity index (χ0) is 23.9. The lowest BCUT2D eigenvalue weighted by Gasteiger charge is -2.11. The molecule has 34 heavy (non-hydrogen) atoms. The maximum atomic E-state index is 12.7. The Morgan fingerprint density at radius 1 is 0.794 bits per heavy atom. The summed E-state index contributed by atoms with van der Waals surface area (Å²) in [6, 6.07) is 25.0. The van der Waals surface area contributed by atoms with E-state index in [0.29, 0.717) is 11.4 Å². The Labute approximate surface area is 198 Å². The topological polar surface area (TPSA) is 85.4 Å². The number of nitrogens with zero attached hydrogens (tertiary/aromatic N) is 2. The van der Waals surface area contributed by atoms with E-state index in [1.807, 2.05) is 85.8 Å². The molecule has 0 aliphatic heterocycles. The van der Waals surface area contributed by atoms with Gasteiger partial charge in [0.1, 0.15) is 11.5 Å². The molecule has 7 heteroatoms. The molecule has 0 saturated heterocycles. The average molecular weight is 455 g/mol. The van der Waals surface area contributed by atoms with Gasteiger partial charge in [-0.15, -0.1) is 0 Å². The van der Waals surface area contributed by atoms with E-state index in [9.17, 15) is 4.79 Å². The van der Waals surface area contributed by atoms with Gasteiger partial charge in [-0.05, 0) is 49.4 Å². The second-order valence-electron chi connectivity index (χ2n) is 7.69. The number of benzene rings is 3. The molecule has 172 valence electrons. The lowest BCUT2D eigenvalue weighted by Crippen LogP contribution is -2.23. The highest BCUT2D eigenvalue weighted by atomic mass is 16.5. The summed E-state index contributed by atoms with van der Waals surface area (Å²) in [4.78, 5) is 21.9. The highest BCUT2D eigenvalue weighted by molar-refractivity contribution is 5.92. The first-order chi connectivity index (χ1) is 16.5. The minimum Gasteiger partial charge on any atom is -0.497 e. The van der Waals surface area contributed by atoms with Crippen molar-refractivity contribution in [3.8, 4) is 34.0 Å². The monoisotopic (exact) mass is 454 g/mol. The summed E-state index contributed by atoms with van der Waals surface area (Å²) >= 11 is 0. The second-order valence-corrected chi connectivity index (χ2v) is 7.69. The van der Waals surface area contributed by atoms with Gasteiger partial charge in [0.05, 0.1) is 32.2 Å². The van der Waals surface area contributed by atoms with E-state index >= 15 is 0 Å². The smallest absolute Gasteiger partial charge is 0.246 e. The predicted octanol–water partition coefficient (Wildman–Crippen LogP) is 5.19. The number of carbonyl (C=O) groups is 1. The normalized spacial score (nSPS) is 10.4. The summed E-state index contributed by atoms with van der Waals surface area (Å²) in [7, 11) is 3.23. The Kier molecular flexibility index (Phi) is 7.03. The van der Waals surface area contributed by atoms with Gasteiger partial charge in [0.15, 0.2) is 0 Å². The Balaban J connectivity index is 1.58. The molecule has 1 amide bonds. The van der Waals surface area contributed by atoms with Crippen LogP contribution in [0.5, 0.6) is 11.5 Å². The number of anilines is 2. The van der Waals surface area contributed by atoms with Crippen molar-refractivity contribution >= 4 is 17.5 Å². The molecule has 3 aromatic carbocycles. The number of aromatic nitrogens is 2. The molecule has 2 N–H and O–H groups in total.